The summed E-state index contributed by atoms with van der Waals surface area (Å²) >= 11 is 1.82. The largest absolute Gasteiger partial charge is 0.359 e. The van der Waals surface area contributed by atoms with Crippen LogP contribution in [0.4, 0.5) is 5.82 Å². The summed E-state index contributed by atoms with van der Waals surface area (Å²) < 4.78 is 0. The molecule has 21 heavy (non-hydrogen) atoms. The maximum absolute atomic E-state index is 6.02. The second kappa shape index (κ2) is 7.57. The van der Waals surface area contributed by atoms with Crippen molar-refractivity contribution in [2.45, 2.75) is 39.2 Å². The van der Waals surface area contributed by atoms with Crippen molar-refractivity contribution in [2.24, 2.45) is 5.73 Å². The molecule has 0 radical (unpaired) electrons. The molecule has 3 nitrogen and oxygen atoms in total. The number of pyridine rings is 1. The molecule has 0 bridgehead atoms. The lowest BCUT2D eigenvalue weighted by molar-refractivity contribution is 0.644. The topological polar surface area (TPSA) is 42.1 Å². The van der Waals surface area contributed by atoms with Crippen LogP contribution >= 0.6 is 11.3 Å². The van der Waals surface area contributed by atoms with Gasteiger partial charge in [-0.2, -0.15) is 0 Å². The van der Waals surface area contributed by atoms with Crippen molar-refractivity contribution in [3.05, 3.63) is 45.8 Å². The van der Waals surface area contributed by atoms with Gasteiger partial charge in [-0.1, -0.05) is 19.1 Å². The third kappa shape index (κ3) is 4.55. The lowest BCUT2D eigenvalue weighted by Crippen LogP contribution is -2.23. The predicted octanol–water partition coefficient (Wildman–Crippen LogP) is 3.41. The smallest absolute Gasteiger partial charge is 0.131 e. The lowest BCUT2D eigenvalue weighted by Gasteiger charge is -2.20. The third-order valence-electron chi connectivity index (χ3n) is 3.76. The molecule has 0 fully saturated rings. The van der Waals surface area contributed by atoms with Gasteiger partial charge >= 0.3 is 0 Å². The Labute approximate surface area is 131 Å². The summed E-state index contributed by atoms with van der Waals surface area (Å²) in [4.78, 5) is 8.30. The first kappa shape index (κ1) is 16.0. The molecule has 2 heterocycles. The van der Waals surface area contributed by atoms with Crippen LogP contribution in [-0.4, -0.2) is 24.6 Å². The molecule has 0 aliphatic heterocycles. The van der Waals surface area contributed by atoms with E-state index in [2.05, 4.69) is 54.4 Å². The maximum Gasteiger partial charge on any atom is 0.131 e. The van der Waals surface area contributed by atoms with Crippen LogP contribution in [0.15, 0.2) is 29.8 Å². The van der Waals surface area contributed by atoms with Gasteiger partial charge in [-0.15, -0.1) is 11.3 Å². The van der Waals surface area contributed by atoms with Gasteiger partial charge in [-0.05, 0) is 48.8 Å². The van der Waals surface area contributed by atoms with E-state index in [9.17, 15) is 0 Å². The average molecular weight is 303 g/mol. The van der Waals surface area contributed by atoms with E-state index in [4.69, 9.17) is 5.73 Å². The van der Waals surface area contributed by atoms with Crippen molar-refractivity contribution in [2.75, 3.05) is 18.5 Å². The number of nitrogens with two attached hydrogens (primary N) is 1. The zero-order valence-corrected chi connectivity index (χ0v) is 14.0. The number of rotatable bonds is 7. The number of aryl methyl sites for hydroxylation is 1. The summed E-state index contributed by atoms with van der Waals surface area (Å²) in [6, 6.07) is 6.75. The van der Waals surface area contributed by atoms with Crippen LogP contribution in [0.3, 0.4) is 0 Å². The molecule has 0 aromatic carbocycles. The summed E-state index contributed by atoms with van der Waals surface area (Å²) in [5.74, 6) is 1.07. The second-order valence-electron chi connectivity index (χ2n) is 5.61. The number of thiophene rings is 1. The van der Waals surface area contributed by atoms with E-state index in [0.29, 0.717) is 0 Å². The van der Waals surface area contributed by atoms with Crippen molar-refractivity contribution >= 4 is 17.2 Å². The van der Waals surface area contributed by atoms with Gasteiger partial charge in [0.2, 0.25) is 0 Å². The van der Waals surface area contributed by atoms with E-state index in [1.807, 2.05) is 17.5 Å². The highest BCUT2D eigenvalue weighted by Gasteiger charge is 2.09. The Morgan fingerprint density at radius 2 is 2.24 bits per heavy atom. The Kier molecular flexibility index (Phi) is 5.76. The molecule has 114 valence electrons. The minimum atomic E-state index is 0.230. The standard InChI is InChI=1S/C17H25N3S/c1-4-15(18)11-14-10-13(2)17(19-12-14)20(3)8-7-16-6-5-9-21-16/h5-6,9-10,12,15H,4,7-8,11,18H2,1-3H3. The quantitative estimate of drug-likeness (QED) is 0.852. The Morgan fingerprint density at radius 3 is 2.86 bits per heavy atom. The van der Waals surface area contributed by atoms with Crippen LogP contribution in [-0.2, 0) is 12.8 Å². The number of nitrogens with zero attached hydrogens (tertiary/aromatic N) is 2. The SMILES string of the molecule is CCC(N)Cc1cnc(N(C)CCc2cccs2)c(C)c1. The van der Waals surface area contributed by atoms with Gasteiger partial charge in [0.15, 0.2) is 0 Å². The van der Waals surface area contributed by atoms with E-state index in [1.165, 1.54) is 16.0 Å². The monoisotopic (exact) mass is 303 g/mol. The van der Waals surface area contributed by atoms with Crippen LogP contribution in [0.2, 0.25) is 0 Å². The van der Waals surface area contributed by atoms with Gasteiger partial charge in [-0.3, -0.25) is 0 Å². The molecular formula is C17H25N3S. The van der Waals surface area contributed by atoms with Gasteiger partial charge in [-0.25, -0.2) is 4.98 Å². The zero-order valence-electron chi connectivity index (χ0n) is 13.2. The molecule has 2 aromatic heterocycles. The molecule has 2 N–H and O–H groups in total. The fraction of sp³-hybridized carbons (Fsp3) is 0.471. The first-order valence-corrected chi connectivity index (χ1v) is 8.42. The Bertz CT molecular complexity index is 551. The molecule has 0 amide bonds. The van der Waals surface area contributed by atoms with E-state index in [1.54, 1.807) is 0 Å². The highest BCUT2D eigenvalue weighted by molar-refractivity contribution is 7.09. The minimum Gasteiger partial charge on any atom is -0.359 e. The molecule has 1 unspecified atom stereocenters. The van der Waals surface area contributed by atoms with Gasteiger partial charge in [0, 0.05) is 30.7 Å². The summed E-state index contributed by atoms with van der Waals surface area (Å²) in [7, 11) is 2.11. The van der Waals surface area contributed by atoms with Crippen LogP contribution in [0.5, 0.6) is 0 Å². The van der Waals surface area contributed by atoms with E-state index >= 15 is 0 Å². The van der Waals surface area contributed by atoms with Crippen LogP contribution in [0.1, 0.15) is 29.3 Å². The minimum absolute atomic E-state index is 0.230. The van der Waals surface area contributed by atoms with Crippen LogP contribution in [0.25, 0.3) is 0 Å². The molecule has 0 spiro atoms. The van der Waals surface area contributed by atoms with Gasteiger partial charge in [0.1, 0.15) is 5.82 Å². The Balaban J connectivity index is 1.99. The van der Waals surface area contributed by atoms with Gasteiger partial charge in [0.05, 0.1) is 0 Å². The molecule has 2 aromatic rings. The van der Waals surface area contributed by atoms with Crippen LogP contribution in [0, 0.1) is 6.92 Å². The first-order chi connectivity index (χ1) is 10.1. The van der Waals surface area contributed by atoms with E-state index in [0.717, 1.165) is 31.6 Å². The normalized spacial score (nSPS) is 12.4. The summed E-state index contributed by atoms with van der Waals surface area (Å²) in [5.41, 5.74) is 8.48. The van der Waals surface area contributed by atoms with Crippen molar-refractivity contribution in [1.82, 2.24) is 4.98 Å². The number of likely N-dealkylation sites (N-methyl/N-ethyl adjacent to an activating group) is 1. The van der Waals surface area contributed by atoms with Crippen molar-refractivity contribution in [3.8, 4) is 0 Å². The predicted molar refractivity (Wildman–Crippen MR) is 92.2 cm³/mol. The third-order valence-corrected chi connectivity index (χ3v) is 4.70. The molecule has 0 saturated carbocycles. The van der Waals surface area contributed by atoms with Gasteiger partial charge in [0.25, 0.3) is 0 Å². The number of hydrogen-bond acceptors (Lipinski definition) is 4. The van der Waals surface area contributed by atoms with E-state index in [-0.39, 0.29) is 6.04 Å². The molecule has 4 heteroatoms. The first-order valence-electron chi connectivity index (χ1n) is 7.54. The highest BCUT2D eigenvalue weighted by atomic mass is 32.1. The number of hydrogen-bond donors (Lipinski definition) is 1. The van der Waals surface area contributed by atoms with E-state index < -0.39 is 0 Å². The summed E-state index contributed by atoms with van der Waals surface area (Å²) in [6.45, 7) is 5.24. The summed E-state index contributed by atoms with van der Waals surface area (Å²) in [6.07, 6.45) is 4.95. The molecular weight excluding hydrogens is 278 g/mol. The molecule has 0 aliphatic carbocycles. The zero-order chi connectivity index (χ0) is 15.2. The average Bonchev–Trinajstić information content (AvgIpc) is 2.98. The van der Waals surface area contributed by atoms with Crippen molar-refractivity contribution in [1.29, 1.82) is 0 Å². The Morgan fingerprint density at radius 1 is 1.43 bits per heavy atom. The second-order valence-corrected chi connectivity index (χ2v) is 6.64. The number of aromatic nitrogens is 1. The van der Waals surface area contributed by atoms with Crippen molar-refractivity contribution in [3.63, 3.8) is 0 Å². The number of anilines is 1. The fourth-order valence-corrected chi connectivity index (χ4v) is 3.12. The Hall–Kier alpha value is -1.39. The maximum atomic E-state index is 6.02. The summed E-state index contributed by atoms with van der Waals surface area (Å²) in [5, 5.41) is 2.13. The fourth-order valence-electron chi connectivity index (χ4n) is 2.42. The lowest BCUT2D eigenvalue weighted by atomic mass is 10.0. The van der Waals surface area contributed by atoms with Gasteiger partial charge < -0.3 is 10.6 Å². The molecule has 0 saturated heterocycles. The van der Waals surface area contributed by atoms with Crippen LogP contribution < -0.4 is 10.6 Å². The molecule has 2 rings (SSSR count). The molecule has 1 atom stereocenters. The van der Waals surface area contributed by atoms with Crippen molar-refractivity contribution < 1.29 is 0 Å². The molecule has 0 aliphatic rings. The highest BCUT2D eigenvalue weighted by Crippen LogP contribution is 2.19.